The van der Waals surface area contributed by atoms with Gasteiger partial charge in [-0.2, -0.15) is 0 Å². The number of methoxy groups -OCH3 is 2. The van der Waals surface area contributed by atoms with Gasteiger partial charge in [-0.25, -0.2) is 4.79 Å². The lowest BCUT2D eigenvalue weighted by Gasteiger charge is -2.11. The van der Waals surface area contributed by atoms with Gasteiger partial charge in [0.2, 0.25) is 5.91 Å². The first-order valence-corrected chi connectivity index (χ1v) is 9.56. The van der Waals surface area contributed by atoms with Crippen molar-refractivity contribution in [2.24, 2.45) is 0 Å². The molecule has 2 aromatic carbocycles. The maximum absolute atomic E-state index is 12.3. The van der Waals surface area contributed by atoms with Gasteiger partial charge < -0.3 is 19.5 Å². The van der Waals surface area contributed by atoms with Crippen molar-refractivity contribution in [3.05, 3.63) is 59.7 Å². The fourth-order valence-electron chi connectivity index (χ4n) is 2.67. The van der Waals surface area contributed by atoms with Crippen LogP contribution in [0.4, 0.5) is 5.69 Å². The molecule has 0 spiro atoms. The van der Waals surface area contributed by atoms with Crippen LogP contribution in [0.5, 0.6) is 11.5 Å². The third kappa shape index (κ3) is 6.68. The van der Waals surface area contributed by atoms with Crippen LogP contribution in [-0.4, -0.2) is 32.7 Å². The molecule has 0 aliphatic rings. The van der Waals surface area contributed by atoms with Gasteiger partial charge in [-0.3, -0.25) is 4.79 Å². The smallest absolute Gasteiger partial charge is 0.339 e. The summed E-state index contributed by atoms with van der Waals surface area (Å²) in [5.41, 5.74) is 1.48. The highest BCUT2D eigenvalue weighted by molar-refractivity contribution is 6.06. The van der Waals surface area contributed by atoms with Gasteiger partial charge in [0.05, 0.1) is 32.1 Å². The number of carbonyl (C=O) groups is 2. The maximum Gasteiger partial charge on any atom is 0.339 e. The first-order chi connectivity index (χ1) is 14.1. The van der Waals surface area contributed by atoms with E-state index in [1.807, 2.05) is 12.1 Å². The molecule has 0 bridgehead atoms. The number of unbranched alkanes of at least 4 members (excludes halogenated alkanes) is 2. The van der Waals surface area contributed by atoms with Crippen molar-refractivity contribution in [1.82, 2.24) is 0 Å². The molecule has 0 radical (unpaired) electrons. The summed E-state index contributed by atoms with van der Waals surface area (Å²) in [6.07, 6.45) is 6.31. The molecule has 0 aromatic heterocycles. The Morgan fingerprint density at radius 2 is 1.83 bits per heavy atom. The molecular weight excluding hydrogens is 370 g/mol. The number of hydrogen-bond donors (Lipinski definition) is 1. The summed E-state index contributed by atoms with van der Waals surface area (Å²) in [4.78, 5) is 24.1. The van der Waals surface area contributed by atoms with Crippen LogP contribution in [0.1, 0.15) is 42.1 Å². The van der Waals surface area contributed by atoms with Gasteiger partial charge >= 0.3 is 5.97 Å². The molecule has 0 fully saturated rings. The number of esters is 1. The SMILES string of the molecule is CCCCCOc1ccc(/C=C/C(=O)Nc2ccccc2C(=O)OC)cc1OC. The summed E-state index contributed by atoms with van der Waals surface area (Å²) >= 11 is 0. The fraction of sp³-hybridized carbons (Fsp3) is 0.304. The van der Waals surface area contributed by atoms with E-state index < -0.39 is 5.97 Å². The number of carbonyl (C=O) groups excluding carboxylic acids is 2. The Kier molecular flexibility index (Phi) is 8.76. The second kappa shape index (κ2) is 11.5. The van der Waals surface area contributed by atoms with E-state index in [9.17, 15) is 9.59 Å². The van der Waals surface area contributed by atoms with E-state index >= 15 is 0 Å². The van der Waals surface area contributed by atoms with Gasteiger partial charge in [-0.05, 0) is 42.3 Å². The summed E-state index contributed by atoms with van der Waals surface area (Å²) in [6.45, 7) is 2.79. The van der Waals surface area contributed by atoms with Gasteiger partial charge in [0, 0.05) is 6.08 Å². The lowest BCUT2D eigenvalue weighted by molar-refractivity contribution is -0.111. The molecule has 2 aromatic rings. The fourth-order valence-corrected chi connectivity index (χ4v) is 2.67. The molecule has 0 atom stereocenters. The molecule has 0 heterocycles. The third-order valence-electron chi connectivity index (χ3n) is 4.21. The zero-order valence-corrected chi connectivity index (χ0v) is 17.1. The Labute approximate surface area is 171 Å². The zero-order chi connectivity index (χ0) is 21.1. The van der Waals surface area contributed by atoms with Crippen LogP contribution in [0.25, 0.3) is 6.08 Å². The first-order valence-electron chi connectivity index (χ1n) is 9.56. The summed E-state index contributed by atoms with van der Waals surface area (Å²) in [7, 11) is 2.88. The van der Waals surface area contributed by atoms with Crippen LogP contribution in [-0.2, 0) is 9.53 Å². The van der Waals surface area contributed by atoms with Crippen LogP contribution in [0, 0.1) is 0 Å². The molecule has 2 rings (SSSR count). The molecule has 0 aliphatic carbocycles. The van der Waals surface area contributed by atoms with Crippen molar-refractivity contribution in [1.29, 1.82) is 0 Å². The number of benzene rings is 2. The summed E-state index contributed by atoms with van der Waals surface area (Å²) in [6, 6.07) is 12.2. The maximum atomic E-state index is 12.3. The number of nitrogens with one attached hydrogen (secondary N) is 1. The Bertz CT molecular complexity index is 860. The molecule has 0 saturated carbocycles. The normalized spacial score (nSPS) is 10.6. The van der Waals surface area contributed by atoms with Crippen molar-refractivity contribution < 1.29 is 23.8 Å². The molecule has 1 N–H and O–H groups in total. The van der Waals surface area contributed by atoms with Crippen LogP contribution in [0.15, 0.2) is 48.5 Å². The zero-order valence-electron chi connectivity index (χ0n) is 17.1. The molecule has 154 valence electrons. The minimum absolute atomic E-state index is 0.294. The quantitative estimate of drug-likeness (QED) is 0.357. The van der Waals surface area contributed by atoms with E-state index in [1.54, 1.807) is 43.5 Å². The molecule has 29 heavy (non-hydrogen) atoms. The molecule has 0 aliphatic heterocycles. The number of para-hydroxylation sites is 1. The summed E-state index contributed by atoms with van der Waals surface area (Å²) in [5, 5.41) is 2.69. The first kappa shape index (κ1) is 22.0. The monoisotopic (exact) mass is 397 g/mol. The average Bonchev–Trinajstić information content (AvgIpc) is 2.75. The van der Waals surface area contributed by atoms with Gasteiger partial charge in [0.25, 0.3) is 0 Å². The highest BCUT2D eigenvalue weighted by Crippen LogP contribution is 2.29. The second-order valence-electron chi connectivity index (χ2n) is 6.33. The predicted octanol–water partition coefficient (Wildman–Crippen LogP) is 4.70. The molecule has 6 nitrogen and oxygen atoms in total. The van der Waals surface area contributed by atoms with Crippen molar-refractivity contribution in [2.45, 2.75) is 26.2 Å². The van der Waals surface area contributed by atoms with Crippen molar-refractivity contribution in [3.63, 3.8) is 0 Å². The van der Waals surface area contributed by atoms with Crippen LogP contribution in [0.3, 0.4) is 0 Å². The number of rotatable bonds is 10. The minimum atomic E-state index is -0.510. The van der Waals surface area contributed by atoms with E-state index in [-0.39, 0.29) is 5.91 Å². The minimum Gasteiger partial charge on any atom is -0.493 e. The Morgan fingerprint density at radius 1 is 1.03 bits per heavy atom. The van der Waals surface area contributed by atoms with Crippen molar-refractivity contribution >= 4 is 23.6 Å². The topological polar surface area (TPSA) is 73.9 Å². The third-order valence-corrected chi connectivity index (χ3v) is 4.21. The lowest BCUT2D eigenvalue weighted by Crippen LogP contribution is -2.12. The predicted molar refractivity (Wildman–Crippen MR) is 113 cm³/mol. The molecule has 6 heteroatoms. The summed E-state index contributed by atoms with van der Waals surface area (Å²) in [5.74, 6) is 0.418. The lowest BCUT2D eigenvalue weighted by atomic mass is 10.1. The Morgan fingerprint density at radius 3 is 2.55 bits per heavy atom. The van der Waals surface area contributed by atoms with Gasteiger partial charge in [-0.1, -0.05) is 38.0 Å². The Balaban J connectivity index is 2.04. The van der Waals surface area contributed by atoms with Gasteiger partial charge in [0.1, 0.15) is 0 Å². The second-order valence-corrected chi connectivity index (χ2v) is 6.33. The van der Waals surface area contributed by atoms with Gasteiger partial charge in [-0.15, -0.1) is 0 Å². The standard InChI is InChI=1S/C23H27NO5/c1-4-5-8-15-29-20-13-11-17(16-21(20)27-2)12-14-22(25)24-19-10-7-6-9-18(19)23(26)28-3/h6-7,9-14,16H,4-5,8,15H2,1-3H3,(H,24,25)/b14-12+. The number of ether oxygens (including phenoxy) is 3. The molecule has 1 amide bonds. The van der Waals surface area contributed by atoms with E-state index in [1.165, 1.54) is 13.2 Å². The Hall–Kier alpha value is -3.28. The van der Waals surface area contributed by atoms with Gasteiger partial charge in [0.15, 0.2) is 11.5 Å². The van der Waals surface area contributed by atoms with Crippen molar-refractivity contribution in [3.8, 4) is 11.5 Å². The van der Waals surface area contributed by atoms with Crippen LogP contribution >= 0.6 is 0 Å². The highest BCUT2D eigenvalue weighted by Gasteiger charge is 2.12. The largest absolute Gasteiger partial charge is 0.493 e. The molecular formula is C23H27NO5. The molecule has 0 unspecified atom stereocenters. The van der Waals surface area contributed by atoms with Crippen LogP contribution in [0.2, 0.25) is 0 Å². The average molecular weight is 397 g/mol. The summed E-state index contributed by atoms with van der Waals surface area (Å²) < 4.78 is 15.9. The molecule has 0 saturated heterocycles. The van der Waals surface area contributed by atoms with E-state index in [2.05, 4.69) is 12.2 Å². The van der Waals surface area contributed by atoms with E-state index in [0.29, 0.717) is 29.4 Å². The van der Waals surface area contributed by atoms with Crippen molar-refractivity contribution in [2.75, 3.05) is 26.1 Å². The number of hydrogen-bond acceptors (Lipinski definition) is 5. The van der Waals surface area contributed by atoms with E-state index in [4.69, 9.17) is 14.2 Å². The number of anilines is 1. The highest BCUT2D eigenvalue weighted by atomic mass is 16.5. The van der Waals surface area contributed by atoms with Crippen LogP contribution < -0.4 is 14.8 Å². The number of amides is 1. The van der Waals surface area contributed by atoms with E-state index in [0.717, 1.165) is 24.8 Å².